The van der Waals surface area contributed by atoms with Crippen molar-refractivity contribution in [1.29, 1.82) is 0 Å². The summed E-state index contributed by atoms with van der Waals surface area (Å²) >= 11 is 8.38. The van der Waals surface area contributed by atoms with Crippen molar-refractivity contribution in [2.75, 3.05) is 0 Å². The Balaban J connectivity index is 1.40. The molecule has 0 atom stereocenters. The number of hydrogen-bond donors (Lipinski definition) is 1. The third kappa shape index (κ3) is 5.56. The molecule has 37 heavy (non-hydrogen) atoms. The van der Waals surface area contributed by atoms with Crippen LogP contribution in [0.5, 0.6) is 0 Å². The summed E-state index contributed by atoms with van der Waals surface area (Å²) < 4.78 is 1.51. The van der Waals surface area contributed by atoms with E-state index in [1.165, 1.54) is 10.7 Å². The van der Waals surface area contributed by atoms with Crippen LogP contribution >= 0.6 is 35.1 Å². The van der Waals surface area contributed by atoms with Gasteiger partial charge in [-0.3, -0.25) is 14.9 Å². The van der Waals surface area contributed by atoms with Crippen LogP contribution in [0.4, 0.5) is 11.4 Å². The summed E-state index contributed by atoms with van der Waals surface area (Å²) in [5.74, 6) is -0.342. The number of amidine groups is 1. The summed E-state index contributed by atoms with van der Waals surface area (Å²) in [7, 11) is 0. The molecular formula is C24H16ClN7O3S2. The number of nitrogens with zero attached hydrogens (tertiary/aromatic N) is 6. The summed E-state index contributed by atoms with van der Waals surface area (Å²) in [6.45, 7) is 1.89. The Morgan fingerprint density at radius 2 is 1.97 bits per heavy atom. The van der Waals surface area contributed by atoms with Crippen molar-refractivity contribution >= 4 is 63.7 Å². The Morgan fingerprint density at radius 3 is 2.73 bits per heavy atom. The highest BCUT2D eigenvalue weighted by Gasteiger charge is 2.25. The number of benzene rings is 3. The number of amides is 1. The fourth-order valence-corrected chi connectivity index (χ4v) is 5.22. The topological polar surface area (TPSA) is 128 Å². The Kier molecular flexibility index (Phi) is 7.04. The number of rotatable bonds is 6. The van der Waals surface area contributed by atoms with E-state index in [1.807, 2.05) is 43.3 Å². The fourth-order valence-electron chi connectivity index (χ4n) is 3.33. The van der Waals surface area contributed by atoms with Gasteiger partial charge in [-0.15, -0.1) is 5.10 Å². The number of aromatic nitrogens is 4. The van der Waals surface area contributed by atoms with E-state index < -0.39 is 4.92 Å². The first-order valence-electron chi connectivity index (χ1n) is 10.7. The van der Waals surface area contributed by atoms with E-state index in [1.54, 1.807) is 30.3 Å². The number of para-hydroxylation sites is 1. The minimum absolute atomic E-state index is 0.131. The van der Waals surface area contributed by atoms with Gasteiger partial charge in [0.2, 0.25) is 5.16 Å². The van der Waals surface area contributed by atoms with Crippen molar-refractivity contribution in [3.05, 3.63) is 97.9 Å². The van der Waals surface area contributed by atoms with Gasteiger partial charge in [0, 0.05) is 11.1 Å². The van der Waals surface area contributed by atoms with Gasteiger partial charge in [0.05, 0.1) is 26.1 Å². The van der Waals surface area contributed by atoms with Gasteiger partial charge in [0.15, 0.2) is 5.17 Å². The molecule has 1 saturated heterocycles. The number of thioether (sulfide) groups is 1. The summed E-state index contributed by atoms with van der Waals surface area (Å²) in [5, 5.41) is 27.6. The zero-order valence-electron chi connectivity index (χ0n) is 19.0. The second kappa shape index (κ2) is 10.5. The van der Waals surface area contributed by atoms with Crippen molar-refractivity contribution in [2.45, 2.75) is 17.0 Å². The predicted octanol–water partition coefficient (Wildman–Crippen LogP) is 5.58. The van der Waals surface area contributed by atoms with Crippen molar-refractivity contribution < 1.29 is 9.72 Å². The van der Waals surface area contributed by atoms with Crippen molar-refractivity contribution in [1.82, 2.24) is 25.5 Å². The third-order valence-corrected chi connectivity index (χ3v) is 7.48. The minimum atomic E-state index is -0.475. The molecule has 1 amide bonds. The average Bonchev–Trinajstić information content (AvgIpc) is 3.48. The van der Waals surface area contributed by atoms with E-state index in [0.717, 1.165) is 34.8 Å². The molecule has 4 aromatic rings. The van der Waals surface area contributed by atoms with Crippen LogP contribution in [0.3, 0.4) is 0 Å². The molecule has 10 nitrogen and oxygen atoms in total. The molecule has 0 unspecified atom stereocenters. The highest BCUT2D eigenvalue weighted by molar-refractivity contribution is 8.18. The number of halogens is 1. The Morgan fingerprint density at radius 1 is 1.16 bits per heavy atom. The third-order valence-electron chi connectivity index (χ3n) is 5.16. The predicted molar refractivity (Wildman–Crippen MR) is 143 cm³/mol. The summed E-state index contributed by atoms with van der Waals surface area (Å²) in [6, 6.07) is 19.3. The molecule has 0 bridgehead atoms. The van der Waals surface area contributed by atoms with E-state index in [-0.39, 0.29) is 11.6 Å². The van der Waals surface area contributed by atoms with Crippen molar-refractivity contribution in [3.8, 4) is 5.69 Å². The van der Waals surface area contributed by atoms with Crippen LogP contribution < -0.4 is 5.32 Å². The SMILES string of the molecule is Cc1ccc(N=C2NC(=O)/C(=C/c3ccc(Sc4nnnn4-c4ccccc4)c([N+](=O)[O-])c3)S2)cc1Cl. The Bertz CT molecular complexity index is 1590. The zero-order valence-corrected chi connectivity index (χ0v) is 21.4. The van der Waals surface area contributed by atoms with Crippen LogP contribution in [0.25, 0.3) is 11.8 Å². The summed E-state index contributed by atoms with van der Waals surface area (Å²) in [6.07, 6.45) is 1.58. The van der Waals surface area contributed by atoms with E-state index >= 15 is 0 Å². The average molecular weight is 550 g/mol. The highest BCUT2D eigenvalue weighted by Crippen LogP contribution is 2.36. The van der Waals surface area contributed by atoms with Gasteiger partial charge in [0.1, 0.15) is 0 Å². The molecule has 1 aliphatic rings. The number of aryl methyl sites for hydroxylation is 1. The minimum Gasteiger partial charge on any atom is -0.300 e. The number of nitrogens with one attached hydrogen (secondary N) is 1. The maximum atomic E-state index is 12.5. The van der Waals surface area contributed by atoms with Gasteiger partial charge in [0.25, 0.3) is 11.6 Å². The van der Waals surface area contributed by atoms with Gasteiger partial charge in [-0.2, -0.15) is 4.68 Å². The lowest BCUT2D eigenvalue weighted by Crippen LogP contribution is -2.19. The normalized spacial score (nSPS) is 15.4. The molecule has 5 rings (SSSR count). The summed E-state index contributed by atoms with van der Waals surface area (Å²) in [4.78, 5) is 29.0. The van der Waals surface area contributed by atoms with E-state index in [0.29, 0.717) is 36.4 Å². The molecule has 0 saturated carbocycles. The molecule has 1 aromatic heterocycles. The van der Waals surface area contributed by atoms with Gasteiger partial charge in [-0.25, -0.2) is 4.99 Å². The maximum Gasteiger partial charge on any atom is 0.283 e. The van der Waals surface area contributed by atoms with E-state index in [9.17, 15) is 14.9 Å². The molecule has 13 heteroatoms. The first kappa shape index (κ1) is 24.7. The molecule has 1 N–H and O–H groups in total. The quantitative estimate of drug-likeness (QED) is 0.188. The van der Waals surface area contributed by atoms with Gasteiger partial charge in [-0.1, -0.05) is 41.9 Å². The second-order valence-electron chi connectivity index (χ2n) is 7.71. The van der Waals surface area contributed by atoms with Gasteiger partial charge in [-0.05, 0) is 88.4 Å². The first-order valence-corrected chi connectivity index (χ1v) is 12.7. The molecule has 3 aromatic carbocycles. The first-order chi connectivity index (χ1) is 17.9. The number of carbonyl (C=O) groups is 1. The fraction of sp³-hybridized carbons (Fsp3) is 0.0417. The number of hydrogen-bond acceptors (Lipinski definition) is 9. The molecule has 0 aliphatic carbocycles. The lowest BCUT2D eigenvalue weighted by molar-refractivity contribution is -0.387. The lowest BCUT2D eigenvalue weighted by atomic mass is 10.2. The smallest absolute Gasteiger partial charge is 0.283 e. The Labute approximate surface area is 224 Å². The molecule has 2 heterocycles. The summed E-state index contributed by atoms with van der Waals surface area (Å²) in [5.41, 5.74) is 2.63. The number of nitro benzene ring substituents is 1. The molecule has 0 spiro atoms. The largest absolute Gasteiger partial charge is 0.300 e. The lowest BCUT2D eigenvalue weighted by Gasteiger charge is -2.05. The van der Waals surface area contributed by atoms with E-state index in [4.69, 9.17) is 11.6 Å². The van der Waals surface area contributed by atoms with Crippen LogP contribution in [0, 0.1) is 17.0 Å². The molecule has 0 radical (unpaired) electrons. The van der Waals surface area contributed by atoms with Gasteiger partial charge >= 0.3 is 0 Å². The number of carbonyl (C=O) groups excluding carboxylic acids is 1. The molecule has 1 aliphatic heterocycles. The van der Waals surface area contributed by atoms with E-state index in [2.05, 4.69) is 25.8 Å². The second-order valence-corrected chi connectivity index (χ2v) is 10.2. The van der Waals surface area contributed by atoms with Crippen LogP contribution in [0.1, 0.15) is 11.1 Å². The van der Waals surface area contributed by atoms with Crippen molar-refractivity contribution in [2.24, 2.45) is 4.99 Å². The van der Waals surface area contributed by atoms with Crippen LogP contribution in [0.15, 0.2) is 86.7 Å². The zero-order chi connectivity index (χ0) is 25.9. The maximum absolute atomic E-state index is 12.5. The number of aliphatic imine (C=N–C) groups is 1. The molecule has 184 valence electrons. The molecule has 1 fully saturated rings. The van der Waals surface area contributed by atoms with Crippen molar-refractivity contribution in [3.63, 3.8) is 0 Å². The monoisotopic (exact) mass is 549 g/mol. The highest BCUT2D eigenvalue weighted by atomic mass is 35.5. The van der Waals surface area contributed by atoms with Gasteiger partial charge < -0.3 is 5.32 Å². The molecular weight excluding hydrogens is 534 g/mol. The standard InChI is InChI=1S/C24H16ClN7O3S2/c1-14-7-9-16(13-18(14)25)26-23-27-22(33)21(36-23)12-15-8-10-20(19(11-15)32(34)35)37-24-28-29-30-31(24)17-5-3-2-4-6-17/h2-13H,1H3,(H,26,27,33)/b21-12-. The number of nitro groups is 1. The Hall–Kier alpha value is -4.00. The van der Waals surface area contributed by atoms with Crippen LogP contribution in [-0.4, -0.2) is 36.2 Å². The van der Waals surface area contributed by atoms with Crippen LogP contribution in [-0.2, 0) is 4.79 Å². The number of tetrazole rings is 1. The van der Waals surface area contributed by atoms with Crippen LogP contribution in [0.2, 0.25) is 5.02 Å².